The van der Waals surface area contributed by atoms with Crippen LogP contribution in [0.4, 0.5) is 10.1 Å². The van der Waals surface area contributed by atoms with Crippen molar-refractivity contribution in [1.82, 2.24) is 0 Å². The zero-order valence-electron chi connectivity index (χ0n) is 11.9. The van der Waals surface area contributed by atoms with E-state index in [1.807, 2.05) is 24.3 Å². The van der Waals surface area contributed by atoms with E-state index in [4.69, 9.17) is 4.74 Å². The van der Waals surface area contributed by atoms with E-state index in [2.05, 4.69) is 5.32 Å². The Bertz CT molecular complexity index is 646. The third-order valence-corrected chi connectivity index (χ3v) is 3.80. The van der Waals surface area contributed by atoms with Crippen LogP contribution in [0.2, 0.25) is 0 Å². The second kappa shape index (κ2) is 7.13. The summed E-state index contributed by atoms with van der Waals surface area (Å²) < 4.78 is 18.8. The number of benzene rings is 2. The van der Waals surface area contributed by atoms with E-state index in [0.717, 1.165) is 16.2 Å². The zero-order chi connectivity index (χ0) is 15.2. The van der Waals surface area contributed by atoms with Crippen LogP contribution < -0.4 is 10.1 Å². The zero-order valence-corrected chi connectivity index (χ0v) is 12.7. The van der Waals surface area contributed by atoms with Gasteiger partial charge >= 0.3 is 0 Å². The van der Waals surface area contributed by atoms with Gasteiger partial charge in [-0.2, -0.15) is 0 Å². The number of aryl methyl sites for hydroxylation is 1. The number of ether oxygens (including phenoxy) is 1. The molecule has 0 heterocycles. The van der Waals surface area contributed by atoms with Crippen LogP contribution in [0.5, 0.6) is 5.75 Å². The Balaban J connectivity index is 1.92. The van der Waals surface area contributed by atoms with Crippen LogP contribution in [0.1, 0.15) is 5.56 Å². The van der Waals surface area contributed by atoms with Gasteiger partial charge in [0.15, 0.2) is 0 Å². The molecular formula is C16H16FNO2S. The number of carbonyl (C=O) groups is 1. The van der Waals surface area contributed by atoms with Crippen LogP contribution in [0.3, 0.4) is 0 Å². The number of anilines is 1. The summed E-state index contributed by atoms with van der Waals surface area (Å²) >= 11 is 1.37. The SMILES string of the molecule is COc1cccc(SCC(=O)Nc2ccc(C)cc2F)c1. The van der Waals surface area contributed by atoms with Crippen LogP contribution in [-0.2, 0) is 4.79 Å². The monoisotopic (exact) mass is 305 g/mol. The second-order valence-electron chi connectivity index (χ2n) is 4.50. The van der Waals surface area contributed by atoms with E-state index in [9.17, 15) is 9.18 Å². The molecule has 0 spiro atoms. The predicted molar refractivity (Wildman–Crippen MR) is 83.5 cm³/mol. The van der Waals surface area contributed by atoms with Crippen molar-refractivity contribution in [3.8, 4) is 5.75 Å². The standard InChI is InChI=1S/C16H16FNO2S/c1-11-6-7-15(14(17)8-11)18-16(19)10-21-13-5-3-4-12(9-13)20-2/h3-9H,10H2,1-2H3,(H,18,19). The molecule has 3 nitrogen and oxygen atoms in total. The highest BCUT2D eigenvalue weighted by Crippen LogP contribution is 2.23. The Morgan fingerprint density at radius 1 is 1.29 bits per heavy atom. The van der Waals surface area contributed by atoms with E-state index >= 15 is 0 Å². The molecule has 0 fully saturated rings. The molecule has 1 N–H and O–H groups in total. The lowest BCUT2D eigenvalue weighted by molar-refractivity contribution is -0.113. The number of methoxy groups -OCH3 is 1. The molecule has 2 aromatic rings. The van der Waals surface area contributed by atoms with E-state index in [0.29, 0.717) is 0 Å². The molecule has 5 heteroatoms. The van der Waals surface area contributed by atoms with Crippen LogP contribution in [0, 0.1) is 12.7 Å². The largest absolute Gasteiger partial charge is 0.497 e. The van der Waals surface area contributed by atoms with Crippen molar-refractivity contribution >= 4 is 23.4 Å². The van der Waals surface area contributed by atoms with E-state index < -0.39 is 5.82 Å². The fourth-order valence-electron chi connectivity index (χ4n) is 1.75. The van der Waals surface area contributed by atoms with E-state index in [1.54, 1.807) is 26.2 Å². The van der Waals surface area contributed by atoms with E-state index in [1.165, 1.54) is 17.8 Å². The van der Waals surface area contributed by atoms with Gasteiger partial charge in [0.25, 0.3) is 0 Å². The van der Waals surface area contributed by atoms with Gasteiger partial charge in [0.2, 0.25) is 5.91 Å². The Kier molecular flexibility index (Phi) is 5.22. The van der Waals surface area contributed by atoms with Crippen molar-refractivity contribution in [3.63, 3.8) is 0 Å². The highest BCUT2D eigenvalue weighted by Gasteiger charge is 2.08. The number of halogens is 1. The minimum Gasteiger partial charge on any atom is -0.497 e. The molecule has 0 atom stereocenters. The summed E-state index contributed by atoms with van der Waals surface area (Å²) in [6, 6.07) is 12.2. The van der Waals surface area contributed by atoms with Crippen LogP contribution in [-0.4, -0.2) is 18.8 Å². The Labute approximate surface area is 127 Å². The molecule has 0 saturated heterocycles. The smallest absolute Gasteiger partial charge is 0.234 e. The van der Waals surface area contributed by atoms with Gasteiger partial charge in [-0.05, 0) is 42.8 Å². The maximum absolute atomic E-state index is 13.6. The van der Waals surface area contributed by atoms with Gasteiger partial charge in [0, 0.05) is 4.90 Å². The van der Waals surface area contributed by atoms with Gasteiger partial charge < -0.3 is 10.1 Å². The van der Waals surface area contributed by atoms with Crippen molar-refractivity contribution < 1.29 is 13.9 Å². The third-order valence-electron chi connectivity index (χ3n) is 2.81. The quantitative estimate of drug-likeness (QED) is 0.852. The van der Waals surface area contributed by atoms with Crippen molar-refractivity contribution in [2.45, 2.75) is 11.8 Å². The Morgan fingerprint density at radius 3 is 2.81 bits per heavy atom. The Morgan fingerprint density at radius 2 is 2.10 bits per heavy atom. The van der Waals surface area contributed by atoms with Crippen molar-refractivity contribution in [1.29, 1.82) is 0 Å². The van der Waals surface area contributed by atoms with Crippen molar-refractivity contribution in [2.24, 2.45) is 0 Å². The number of amides is 1. The molecule has 0 bridgehead atoms. The highest BCUT2D eigenvalue weighted by atomic mass is 32.2. The topological polar surface area (TPSA) is 38.3 Å². The summed E-state index contributed by atoms with van der Waals surface area (Å²) in [4.78, 5) is 12.8. The molecule has 0 radical (unpaired) electrons. The first-order valence-electron chi connectivity index (χ1n) is 6.41. The normalized spacial score (nSPS) is 10.2. The number of rotatable bonds is 5. The Hall–Kier alpha value is -2.01. The minimum absolute atomic E-state index is 0.205. The average Bonchev–Trinajstić information content (AvgIpc) is 2.48. The molecule has 0 unspecified atom stereocenters. The van der Waals surface area contributed by atoms with Gasteiger partial charge in [-0.1, -0.05) is 12.1 Å². The van der Waals surface area contributed by atoms with Crippen molar-refractivity contribution in [3.05, 3.63) is 53.8 Å². The highest BCUT2D eigenvalue weighted by molar-refractivity contribution is 8.00. The van der Waals surface area contributed by atoms with Crippen molar-refractivity contribution in [2.75, 3.05) is 18.2 Å². The predicted octanol–water partition coefficient (Wildman–Crippen LogP) is 3.87. The summed E-state index contributed by atoms with van der Waals surface area (Å²) in [6.07, 6.45) is 0. The maximum Gasteiger partial charge on any atom is 0.234 e. The summed E-state index contributed by atoms with van der Waals surface area (Å²) in [5.41, 5.74) is 1.02. The first-order valence-corrected chi connectivity index (χ1v) is 7.40. The lowest BCUT2D eigenvalue weighted by atomic mass is 10.2. The fourth-order valence-corrected chi connectivity index (χ4v) is 2.49. The number of thioether (sulfide) groups is 1. The molecular weight excluding hydrogens is 289 g/mol. The van der Waals surface area contributed by atoms with E-state index in [-0.39, 0.29) is 17.3 Å². The number of nitrogens with one attached hydrogen (secondary N) is 1. The molecule has 2 aromatic carbocycles. The van der Waals surface area contributed by atoms with Gasteiger partial charge in [-0.15, -0.1) is 11.8 Å². The first-order chi connectivity index (χ1) is 10.1. The molecule has 0 aliphatic heterocycles. The van der Waals surface area contributed by atoms with Gasteiger partial charge in [-0.3, -0.25) is 4.79 Å². The molecule has 0 saturated carbocycles. The van der Waals surface area contributed by atoms with Gasteiger partial charge in [0.1, 0.15) is 11.6 Å². The third kappa shape index (κ3) is 4.49. The lowest BCUT2D eigenvalue weighted by Crippen LogP contribution is -2.15. The second-order valence-corrected chi connectivity index (χ2v) is 5.55. The van der Waals surface area contributed by atoms with Crippen LogP contribution in [0.25, 0.3) is 0 Å². The van der Waals surface area contributed by atoms with Gasteiger partial charge in [-0.25, -0.2) is 4.39 Å². The molecule has 110 valence electrons. The summed E-state index contributed by atoms with van der Waals surface area (Å²) in [6.45, 7) is 1.80. The molecule has 0 aliphatic carbocycles. The summed E-state index contributed by atoms with van der Waals surface area (Å²) in [5.74, 6) is 0.283. The van der Waals surface area contributed by atoms with Crippen LogP contribution >= 0.6 is 11.8 Å². The minimum atomic E-state index is -0.422. The summed E-state index contributed by atoms with van der Waals surface area (Å²) in [7, 11) is 1.59. The average molecular weight is 305 g/mol. The maximum atomic E-state index is 13.6. The summed E-state index contributed by atoms with van der Waals surface area (Å²) in [5, 5.41) is 2.57. The fraction of sp³-hybridized carbons (Fsp3) is 0.188. The molecule has 2 rings (SSSR count). The van der Waals surface area contributed by atoms with Gasteiger partial charge in [0.05, 0.1) is 18.6 Å². The lowest BCUT2D eigenvalue weighted by Gasteiger charge is -2.07. The number of carbonyl (C=O) groups excluding carboxylic acids is 1. The molecule has 0 aromatic heterocycles. The molecule has 21 heavy (non-hydrogen) atoms. The number of hydrogen-bond acceptors (Lipinski definition) is 3. The first kappa shape index (κ1) is 15.4. The molecule has 1 amide bonds. The number of hydrogen-bond donors (Lipinski definition) is 1. The van der Waals surface area contributed by atoms with Crippen LogP contribution in [0.15, 0.2) is 47.4 Å². The molecule has 0 aliphatic rings.